The van der Waals surface area contributed by atoms with Gasteiger partial charge in [0, 0.05) is 0 Å². The Bertz CT molecular complexity index is 183. The molecule has 0 radical (unpaired) electrons. The summed E-state index contributed by atoms with van der Waals surface area (Å²) < 4.78 is 0. The molecular weight excluding hydrogens is 192 g/mol. The molecule has 0 aromatic heterocycles. The highest BCUT2D eigenvalue weighted by Gasteiger charge is 2.06. The lowest BCUT2D eigenvalue weighted by Gasteiger charge is -2.01. The van der Waals surface area contributed by atoms with Gasteiger partial charge in [-0.3, -0.25) is 14.5 Å². The van der Waals surface area contributed by atoms with Crippen LogP contribution < -0.4 is 5.73 Å². The predicted octanol–water partition coefficient (Wildman–Crippen LogP) is -1.98. The Morgan fingerprint density at radius 3 is 1.79 bits per heavy atom. The zero-order chi connectivity index (χ0) is 11.7. The number of hydrogen-bond acceptors (Lipinski definition) is 5. The van der Waals surface area contributed by atoms with Crippen molar-refractivity contribution in [1.82, 2.24) is 4.90 Å². The van der Waals surface area contributed by atoms with Gasteiger partial charge in [-0.25, -0.2) is 0 Å². The second kappa shape index (κ2) is 8.42. The van der Waals surface area contributed by atoms with Gasteiger partial charge in [-0.05, 0) is 14.1 Å². The molecule has 1 atom stereocenters. The van der Waals surface area contributed by atoms with Gasteiger partial charge in [-0.2, -0.15) is 0 Å². The molecule has 1 unspecified atom stereocenters. The Labute approximate surface area is 81.7 Å². The Balaban J connectivity index is 0. The minimum atomic E-state index is -1.18. The zero-order valence-electron chi connectivity index (χ0n) is 8.17. The number of rotatable bonds is 4. The lowest BCUT2D eigenvalue weighted by Crippen LogP contribution is -2.33. The highest BCUT2D eigenvalue weighted by molar-refractivity contribution is 5.73. The second-order valence-corrected chi connectivity index (χ2v) is 2.76. The monoisotopic (exact) mass is 208 g/mol. The third-order valence-electron chi connectivity index (χ3n) is 0.965. The number of carboxylic acids is 2. The molecule has 0 spiro atoms. The fourth-order valence-electron chi connectivity index (χ4n) is 0.349. The summed E-state index contributed by atoms with van der Waals surface area (Å²) in [6, 6.07) is -1.13. The molecule has 0 fully saturated rings. The van der Waals surface area contributed by atoms with Crippen LogP contribution in [0.4, 0.5) is 0 Å². The van der Waals surface area contributed by atoms with Gasteiger partial charge in [0.25, 0.3) is 0 Å². The van der Waals surface area contributed by atoms with Crippen molar-refractivity contribution in [3.8, 4) is 0 Å². The van der Waals surface area contributed by atoms with E-state index in [2.05, 4.69) is 0 Å². The van der Waals surface area contributed by atoms with Crippen molar-refractivity contribution in [3.63, 3.8) is 0 Å². The molecule has 0 saturated heterocycles. The fraction of sp³-hybridized carbons (Fsp3) is 0.714. The number of aliphatic hydroxyl groups is 1. The van der Waals surface area contributed by atoms with Crippen molar-refractivity contribution < 1.29 is 24.9 Å². The molecule has 0 bridgehead atoms. The van der Waals surface area contributed by atoms with Crippen LogP contribution in [0.5, 0.6) is 0 Å². The highest BCUT2D eigenvalue weighted by atomic mass is 16.4. The molecule has 0 heterocycles. The van der Waals surface area contributed by atoms with Crippen LogP contribution in [0.25, 0.3) is 0 Å². The first-order valence-corrected chi connectivity index (χ1v) is 3.77. The summed E-state index contributed by atoms with van der Waals surface area (Å²) in [5.74, 6) is -1.97. The molecule has 84 valence electrons. The standard InChI is InChI=1S/C4H9NO2.C3H7NO3/c1-5(2)3-4(6)7;4-2(1-5)3(6)7/h3H2,1-2H3,(H,6,7);2,5H,1,4H2,(H,6,7). The molecule has 0 aliphatic carbocycles. The Morgan fingerprint density at radius 2 is 1.79 bits per heavy atom. The Morgan fingerprint density at radius 1 is 1.36 bits per heavy atom. The number of nitrogens with two attached hydrogens (primary N) is 1. The van der Waals surface area contributed by atoms with Crippen molar-refractivity contribution in [1.29, 1.82) is 0 Å². The molecule has 0 aliphatic rings. The topological polar surface area (TPSA) is 124 Å². The Hall–Kier alpha value is -1.18. The third kappa shape index (κ3) is 13.4. The minimum Gasteiger partial charge on any atom is -0.480 e. The quantitative estimate of drug-likeness (QED) is 0.422. The van der Waals surface area contributed by atoms with Crippen LogP contribution in [0.1, 0.15) is 0 Å². The van der Waals surface area contributed by atoms with E-state index in [1.165, 1.54) is 0 Å². The molecule has 0 aliphatic heterocycles. The molecule has 5 N–H and O–H groups in total. The van der Waals surface area contributed by atoms with Crippen molar-refractivity contribution >= 4 is 11.9 Å². The molecular formula is C7H16N2O5. The van der Waals surface area contributed by atoms with Crippen LogP contribution in [0, 0.1) is 0 Å². The average molecular weight is 208 g/mol. The van der Waals surface area contributed by atoms with Crippen LogP contribution in [0.15, 0.2) is 0 Å². The molecule has 0 aromatic rings. The van der Waals surface area contributed by atoms with Gasteiger partial charge in [-0.15, -0.1) is 0 Å². The van der Waals surface area contributed by atoms with Gasteiger partial charge in [0.15, 0.2) is 0 Å². The van der Waals surface area contributed by atoms with E-state index in [1.807, 2.05) is 0 Å². The van der Waals surface area contributed by atoms with E-state index in [9.17, 15) is 9.59 Å². The highest BCUT2D eigenvalue weighted by Crippen LogP contribution is 1.71. The average Bonchev–Trinajstić information content (AvgIpc) is 2.01. The van der Waals surface area contributed by atoms with Crippen LogP contribution >= 0.6 is 0 Å². The van der Waals surface area contributed by atoms with Gasteiger partial charge in [0.2, 0.25) is 0 Å². The lowest BCUT2D eigenvalue weighted by molar-refractivity contribution is -0.139. The summed E-state index contributed by atoms with van der Waals surface area (Å²) in [6.07, 6.45) is 0. The van der Waals surface area contributed by atoms with Gasteiger partial charge in [0.1, 0.15) is 6.04 Å². The van der Waals surface area contributed by atoms with E-state index in [-0.39, 0.29) is 6.54 Å². The van der Waals surface area contributed by atoms with E-state index in [0.29, 0.717) is 0 Å². The van der Waals surface area contributed by atoms with E-state index < -0.39 is 24.6 Å². The van der Waals surface area contributed by atoms with Gasteiger partial charge in [-0.1, -0.05) is 0 Å². The molecule has 0 aromatic carbocycles. The van der Waals surface area contributed by atoms with Crippen LogP contribution in [-0.2, 0) is 9.59 Å². The van der Waals surface area contributed by atoms with Crippen molar-refractivity contribution in [3.05, 3.63) is 0 Å². The largest absolute Gasteiger partial charge is 0.480 e. The maximum atomic E-state index is 9.77. The normalized spacial score (nSPS) is 11.5. The molecule has 7 nitrogen and oxygen atoms in total. The number of aliphatic carboxylic acids is 2. The van der Waals surface area contributed by atoms with E-state index >= 15 is 0 Å². The number of likely N-dealkylation sites (N-methyl/N-ethyl adjacent to an activating group) is 1. The number of nitrogens with zero attached hydrogens (tertiary/aromatic N) is 1. The van der Waals surface area contributed by atoms with Gasteiger partial charge >= 0.3 is 11.9 Å². The van der Waals surface area contributed by atoms with Crippen molar-refractivity contribution in [2.45, 2.75) is 6.04 Å². The number of aliphatic hydroxyl groups excluding tert-OH is 1. The molecule has 0 amide bonds. The van der Waals surface area contributed by atoms with Gasteiger partial charge in [0.05, 0.1) is 13.2 Å². The fourth-order valence-corrected chi connectivity index (χ4v) is 0.349. The SMILES string of the molecule is CN(C)CC(=O)O.NC(CO)C(=O)O. The second-order valence-electron chi connectivity index (χ2n) is 2.76. The van der Waals surface area contributed by atoms with Crippen LogP contribution in [0.3, 0.4) is 0 Å². The molecule has 0 rings (SSSR count). The maximum absolute atomic E-state index is 9.77. The van der Waals surface area contributed by atoms with Crippen molar-refractivity contribution in [2.24, 2.45) is 5.73 Å². The first kappa shape index (κ1) is 15.3. The van der Waals surface area contributed by atoms with E-state index in [0.717, 1.165) is 0 Å². The molecule has 14 heavy (non-hydrogen) atoms. The summed E-state index contributed by atoms with van der Waals surface area (Å²) in [7, 11) is 3.43. The summed E-state index contributed by atoms with van der Waals surface area (Å²) in [5.41, 5.74) is 4.77. The smallest absolute Gasteiger partial charge is 0.322 e. The Kier molecular flexibility index (Phi) is 9.20. The predicted molar refractivity (Wildman–Crippen MR) is 48.9 cm³/mol. The zero-order valence-corrected chi connectivity index (χ0v) is 8.17. The number of carbonyl (C=O) groups is 2. The molecule has 7 heteroatoms. The molecule has 0 saturated carbocycles. The van der Waals surface area contributed by atoms with Crippen LogP contribution in [-0.4, -0.2) is 65.4 Å². The minimum absolute atomic E-state index is 0.111. The van der Waals surface area contributed by atoms with Crippen molar-refractivity contribution in [2.75, 3.05) is 27.2 Å². The third-order valence-corrected chi connectivity index (χ3v) is 0.965. The summed E-state index contributed by atoms with van der Waals surface area (Å²) in [4.78, 5) is 21.0. The number of hydrogen-bond donors (Lipinski definition) is 4. The van der Waals surface area contributed by atoms with Crippen LogP contribution in [0.2, 0.25) is 0 Å². The first-order chi connectivity index (χ1) is 6.31. The summed E-state index contributed by atoms with van der Waals surface area (Å²) >= 11 is 0. The van der Waals surface area contributed by atoms with E-state index in [1.54, 1.807) is 19.0 Å². The maximum Gasteiger partial charge on any atom is 0.322 e. The van der Waals surface area contributed by atoms with E-state index in [4.69, 9.17) is 21.1 Å². The van der Waals surface area contributed by atoms with Gasteiger partial charge < -0.3 is 21.1 Å². The summed E-state index contributed by atoms with van der Waals surface area (Å²) in [6.45, 7) is -0.394. The first-order valence-electron chi connectivity index (χ1n) is 3.77. The summed E-state index contributed by atoms with van der Waals surface area (Å²) in [5, 5.41) is 23.9. The lowest BCUT2D eigenvalue weighted by atomic mass is 10.3. The number of carboxylic acid groups (broad SMARTS) is 2.